The highest BCUT2D eigenvalue weighted by Gasteiger charge is 1.86. The molecule has 0 aliphatic heterocycles. The van der Waals surface area contributed by atoms with Crippen LogP contribution in [0, 0.1) is 0 Å². The van der Waals surface area contributed by atoms with Gasteiger partial charge in [-0.05, 0) is 27.1 Å². The Morgan fingerprint density at radius 1 is 1.00 bits per heavy atom. The summed E-state index contributed by atoms with van der Waals surface area (Å²) >= 11 is 0. The van der Waals surface area contributed by atoms with E-state index in [4.69, 9.17) is 0 Å². The van der Waals surface area contributed by atoms with Crippen LogP contribution >= 0.6 is 0 Å². The summed E-state index contributed by atoms with van der Waals surface area (Å²) in [6.07, 6.45) is 4.05. The van der Waals surface area contributed by atoms with Crippen LogP contribution in [0.25, 0.3) is 0 Å². The number of unbranched alkanes of at least 4 members (excludes halogenated alkanes) is 2. The Labute approximate surface area is 66.4 Å². The Bertz CT molecular complexity index is 42.0. The smallest absolute Gasteiger partial charge is 0.00248 e. The Morgan fingerprint density at radius 3 is 1.80 bits per heavy atom. The fourth-order valence-electron chi connectivity index (χ4n) is 0.678. The Kier molecular flexibility index (Phi) is 14.8. The minimum absolute atomic E-state index is 1.24. The molecule has 64 valence electrons. The lowest BCUT2D eigenvalue weighted by atomic mass is 10.2. The first-order chi connectivity index (χ1) is 4.77. The summed E-state index contributed by atoms with van der Waals surface area (Å²) in [6.45, 7) is 7.48. The zero-order chi connectivity index (χ0) is 8.41. The lowest BCUT2D eigenvalue weighted by Crippen LogP contribution is -2.12. The molecule has 0 atom stereocenters. The van der Waals surface area contributed by atoms with Crippen LogP contribution in [0.4, 0.5) is 0 Å². The molecular formula is C9H23N. The summed E-state index contributed by atoms with van der Waals surface area (Å²) in [4.78, 5) is 2.23. The molecule has 0 aliphatic rings. The topological polar surface area (TPSA) is 3.24 Å². The lowest BCUT2D eigenvalue weighted by Gasteiger charge is -2.06. The molecule has 0 spiro atoms. The van der Waals surface area contributed by atoms with E-state index in [1.807, 2.05) is 13.8 Å². The Morgan fingerprint density at radius 2 is 1.50 bits per heavy atom. The molecule has 10 heavy (non-hydrogen) atoms. The molecule has 0 N–H and O–H groups in total. The van der Waals surface area contributed by atoms with Gasteiger partial charge in [0.05, 0.1) is 0 Å². The first-order valence-electron chi connectivity index (χ1n) is 4.42. The second-order valence-corrected chi connectivity index (χ2v) is 2.51. The second-order valence-electron chi connectivity index (χ2n) is 2.51. The second kappa shape index (κ2) is 11.7. The molecule has 0 rings (SSSR count). The van der Waals surface area contributed by atoms with Gasteiger partial charge in [-0.2, -0.15) is 0 Å². The van der Waals surface area contributed by atoms with Gasteiger partial charge in [0.25, 0.3) is 0 Å². The van der Waals surface area contributed by atoms with Gasteiger partial charge in [-0.1, -0.05) is 33.6 Å². The summed E-state index contributed by atoms with van der Waals surface area (Å²) in [5, 5.41) is 0. The van der Waals surface area contributed by atoms with Gasteiger partial charge in [-0.3, -0.25) is 0 Å². The number of nitrogens with zero attached hydrogens (tertiary/aromatic N) is 1. The van der Waals surface area contributed by atoms with Crippen molar-refractivity contribution in [2.24, 2.45) is 0 Å². The third kappa shape index (κ3) is 15.7. The van der Waals surface area contributed by atoms with Crippen LogP contribution < -0.4 is 0 Å². The summed E-state index contributed by atoms with van der Waals surface area (Å²) in [5.74, 6) is 0. The molecule has 0 unspecified atom stereocenters. The Balaban J connectivity index is 0. The van der Waals surface area contributed by atoms with Gasteiger partial charge in [0.15, 0.2) is 0 Å². The highest BCUT2D eigenvalue weighted by atomic mass is 15.0. The monoisotopic (exact) mass is 145 g/mol. The highest BCUT2D eigenvalue weighted by molar-refractivity contribution is 4.42. The molecule has 0 bridgehead atoms. The summed E-state index contributed by atoms with van der Waals surface area (Å²) < 4.78 is 0. The SMILES string of the molecule is CC.CCCCCN(C)C. The van der Waals surface area contributed by atoms with Crippen LogP contribution in [0.2, 0.25) is 0 Å². The van der Waals surface area contributed by atoms with Crippen LogP contribution in [0.3, 0.4) is 0 Å². The molecule has 0 radical (unpaired) electrons. The van der Waals surface area contributed by atoms with E-state index in [-0.39, 0.29) is 0 Å². The van der Waals surface area contributed by atoms with Crippen molar-refractivity contribution in [2.75, 3.05) is 20.6 Å². The van der Waals surface area contributed by atoms with Gasteiger partial charge in [0.2, 0.25) is 0 Å². The van der Waals surface area contributed by atoms with Gasteiger partial charge in [-0.25, -0.2) is 0 Å². The average molecular weight is 145 g/mol. The van der Waals surface area contributed by atoms with Crippen LogP contribution in [0.1, 0.15) is 40.0 Å². The zero-order valence-corrected chi connectivity index (χ0v) is 8.28. The standard InChI is InChI=1S/C7H17N.C2H6/c1-4-5-6-7-8(2)3;1-2/h4-7H2,1-3H3;1-2H3. The van der Waals surface area contributed by atoms with E-state index in [1.165, 1.54) is 25.8 Å². The van der Waals surface area contributed by atoms with E-state index < -0.39 is 0 Å². The maximum atomic E-state index is 2.23. The first kappa shape index (κ1) is 12.6. The third-order valence-electron chi connectivity index (χ3n) is 1.21. The van der Waals surface area contributed by atoms with Crippen molar-refractivity contribution in [2.45, 2.75) is 40.0 Å². The molecule has 0 aliphatic carbocycles. The van der Waals surface area contributed by atoms with Gasteiger partial charge >= 0.3 is 0 Å². The lowest BCUT2D eigenvalue weighted by molar-refractivity contribution is 0.393. The predicted octanol–water partition coefficient (Wildman–Crippen LogP) is 2.76. The van der Waals surface area contributed by atoms with E-state index in [0.717, 1.165) is 0 Å². The molecule has 1 heteroatoms. The number of rotatable bonds is 4. The largest absolute Gasteiger partial charge is 0.309 e. The number of hydrogen-bond acceptors (Lipinski definition) is 1. The average Bonchev–Trinajstić information content (AvgIpc) is 1.92. The van der Waals surface area contributed by atoms with E-state index >= 15 is 0 Å². The van der Waals surface area contributed by atoms with Gasteiger partial charge < -0.3 is 4.90 Å². The third-order valence-corrected chi connectivity index (χ3v) is 1.21. The van der Waals surface area contributed by atoms with Gasteiger partial charge in [0, 0.05) is 0 Å². The van der Waals surface area contributed by atoms with E-state index in [9.17, 15) is 0 Å². The molecule has 0 aromatic carbocycles. The van der Waals surface area contributed by atoms with E-state index in [0.29, 0.717) is 0 Å². The van der Waals surface area contributed by atoms with Crippen LogP contribution in [0.15, 0.2) is 0 Å². The molecule has 1 nitrogen and oxygen atoms in total. The molecule has 0 aromatic rings. The fourth-order valence-corrected chi connectivity index (χ4v) is 0.678. The van der Waals surface area contributed by atoms with Crippen LogP contribution in [0.5, 0.6) is 0 Å². The normalized spacial score (nSPS) is 9.00. The summed E-state index contributed by atoms with van der Waals surface area (Å²) in [5.41, 5.74) is 0. The van der Waals surface area contributed by atoms with E-state index in [2.05, 4.69) is 25.9 Å². The summed E-state index contributed by atoms with van der Waals surface area (Å²) in [7, 11) is 4.24. The van der Waals surface area contributed by atoms with Crippen molar-refractivity contribution in [1.82, 2.24) is 4.90 Å². The predicted molar refractivity (Wildman–Crippen MR) is 49.4 cm³/mol. The molecule has 0 aromatic heterocycles. The van der Waals surface area contributed by atoms with Crippen molar-refractivity contribution in [3.63, 3.8) is 0 Å². The van der Waals surface area contributed by atoms with Crippen molar-refractivity contribution in [1.29, 1.82) is 0 Å². The van der Waals surface area contributed by atoms with Crippen molar-refractivity contribution >= 4 is 0 Å². The minimum atomic E-state index is 1.24. The van der Waals surface area contributed by atoms with Gasteiger partial charge in [-0.15, -0.1) is 0 Å². The summed E-state index contributed by atoms with van der Waals surface area (Å²) in [6, 6.07) is 0. The maximum Gasteiger partial charge on any atom is -0.00248 e. The van der Waals surface area contributed by atoms with Crippen LogP contribution in [-0.2, 0) is 0 Å². The van der Waals surface area contributed by atoms with Crippen molar-refractivity contribution < 1.29 is 0 Å². The molecule has 0 saturated heterocycles. The zero-order valence-electron chi connectivity index (χ0n) is 8.28. The number of hydrogen-bond donors (Lipinski definition) is 0. The minimum Gasteiger partial charge on any atom is -0.309 e. The fraction of sp³-hybridized carbons (Fsp3) is 1.00. The van der Waals surface area contributed by atoms with E-state index in [1.54, 1.807) is 0 Å². The van der Waals surface area contributed by atoms with Crippen LogP contribution in [-0.4, -0.2) is 25.5 Å². The molecule has 0 saturated carbocycles. The quantitative estimate of drug-likeness (QED) is 0.550. The molecule has 0 amide bonds. The maximum absolute atomic E-state index is 2.23. The molecular weight excluding hydrogens is 122 g/mol. The van der Waals surface area contributed by atoms with Crippen molar-refractivity contribution in [3.8, 4) is 0 Å². The molecule has 0 fully saturated rings. The first-order valence-corrected chi connectivity index (χ1v) is 4.42. The molecule has 0 heterocycles. The van der Waals surface area contributed by atoms with Crippen molar-refractivity contribution in [3.05, 3.63) is 0 Å². The highest BCUT2D eigenvalue weighted by Crippen LogP contribution is 1.93. The Hall–Kier alpha value is -0.0400. The van der Waals surface area contributed by atoms with Gasteiger partial charge in [0.1, 0.15) is 0 Å².